The highest BCUT2D eigenvalue weighted by atomic mass is 15.2. The SMILES string of the molecule is CCC(C#N)(CCCN1CCCC(N(C)C)C1)NC(C)C. The average Bonchev–Trinajstić information content (AvgIpc) is 2.46. The van der Waals surface area contributed by atoms with Gasteiger partial charge in [-0.25, -0.2) is 0 Å². The number of hydrogen-bond acceptors (Lipinski definition) is 4. The van der Waals surface area contributed by atoms with Gasteiger partial charge in [-0.2, -0.15) is 5.26 Å². The molecule has 1 saturated heterocycles. The van der Waals surface area contributed by atoms with Crippen molar-refractivity contribution in [2.24, 2.45) is 0 Å². The molecule has 0 spiro atoms. The summed E-state index contributed by atoms with van der Waals surface area (Å²) in [4.78, 5) is 4.92. The summed E-state index contributed by atoms with van der Waals surface area (Å²) in [6.45, 7) is 9.86. The minimum Gasteiger partial charge on any atom is -0.305 e. The predicted octanol–water partition coefficient (Wildman–Crippen LogP) is 2.46. The van der Waals surface area contributed by atoms with Crippen LogP contribution in [0.3, 0.4) is 0 Å². The van der Waals surface area contributed by atoms with Gasteiger partial charge in [0, 0.05) is 18.6 Å². The molecule has 0 aromatic rings. The third-order valence-electron chi connectivity index (χ3n) is 4.67. The van der Waals surface area contributed by atoms with E-state index in [1.165, 1.54) is 25.9 Å². The minimum absolute atomic E-state index is 0.342. The molecular weight excluding hydrogens is 260 g/mol. The van der Waals surface area contributed by atoms with Crippen LogP contribution in [-0.2, 0) is 0 Å². The second-order valence-electron chi connectivity index (χ2n) is 7.01. The normalized spacial score (nSPS) is 23.2. The number of hydrogen-bond donors (Lipinski definition) is 1. The predicted molar refractivity (Wildman–Crippen MR) is 89.3 cm³/mol. The van der Waals surface area contributed by atoms with Gasteiger partial charge in [-0.3, -0.25) is 5.32 Å². The van der Waals surface area contributed by atoms with Crippen LogP contribution >= 0.6 is 0 Å². The van der Waals surface area contributed by atoms with E-state index in [0.717, 1.165) is 25.8 Å². The average molecular weight is 294 g/mol. The summed E-state index contributed by atoms with van der Waals surface area (Å²) in [5, 5.41) is 13.0. The third-order valence-corrected chi connectivity index (χ3v) is 4.67. The Hall–Kier alpha value is -0.630. The highest BCUT2D eigenvalue weighted by molar-refractivity contribution is 5.06. The van der Waals surface area contributed by atoms with Gasteiger partial charge in [0.25, 0.3) is 0 Å². The van der Waals surface area contributed by atoms with Gasteiger partial charge in [0.05, 0.1) is 6.07 Å². The summed E-state index contributed by atoms with van der Waals surface area (Å²) in [6.07, 6.45) is 5.53. The van der Waals surface area contributed by atoms with E-state index in [9.17, 15) is 5.26 Å². The van der Waals surface area contributed by atoms with Crippen LogP contribution in [-0.4, -0.2) is 61.2 Å². The van der Waals surface area contributed by atoms with E-state index < -0.39 is 0 Å². The molecule has 0 aromatic carbocycles. The maximum atomic E-state index is 9.54. The monoisotopic (exact) mass is 294 g/mol. The number of likely N-dealkylation sites (N-methyl/N-ethyl adjacent to an activating group) is 1. The number of nitrogens with one attached hydrogen (secondary N) is 1. The fourth-order valence-electron chi connectivity index (χ4n) is 3.33. The Bertz CT molecular complexity index is 334. The van der Waals surface area contributed by atoms with Crippen molar-refractivity contribution >= 4 is 0 Å². The highest BCUT2D eigenvalue weighted by Crippen LogP contribution is 2.20. The zero-order valence-electron chi connectivity index (χ0n) is 14.7. The van der Waals surface area contributed by atoms with Crippen LogP contribution in [0.4, 0.5) is 0 Å². The largest absolute Gasteiger partial charge is 0.305 e. The van der Waals surface area contributed by atoms with E-state index in [0.29, 0.717) is 12.1 Å². The summed E-state index contributed by atoms with van der Waals surface area (Å²) in [6, 6.07) is 3.58. The molecule has 2 atom stereocenters. The molecule has 1 aliphatic heterocycles. The zero-order chi connectivity index (χ0) is 15.9. The number of piperidine rings is 1. The van der Waals surface area contributed by atoms with Crippen molar-refractivity contribution in [2.75, 3.05) is 33.7 Å². The Morgan fingerprint density at radius 1 is 1.43 bits per heavy atom. The Morgan fingerprint density at radius 3 is 2.67 bits per heavy atom. The Labute approximate surface area is 131 Å². The lowest BCUT2D eigenvalue weighted by Crippen LogP contribution is -2.48. The number of rotatable bonds is 8. The lowest BCUT2D eigenvalue weighted by molar-refractivity contribution is 0.129. The molecule has 1 rings (SSSR count). The summed E-state index contributed by atoms with van der Waals surface area (Å²) < 4.78 is 0. The lowest BCUT2D eigenvalue weighted by atomic mass is 9.91. The molecule has 1 N–H and O–H groups in total. The summed E-state index contributed by atoms with van der Waals surface area (Å²) in [7, 11) is 4.36. The van der Waals surface area contributed by atoms with E-state index in [1.807, 2.05) is 0 Å². The Morgan fingerprint density at radius 2 is 2.14 bits per heavy atom. The van der Waals surface area contributed by atoms with Crippen molar-refractivity contribution in [3.63, 3.8) is 0 Å². The van der Waals surface area contributed by atoms with Gasteiger partial charge in [-0.15, -0.1) is 0 Å². The van der Waals surface area contributed by atoms with Gasteiger partial charge in [0.15, 0.2) is 0 Å². The molecule has 0 bridgehead atoms. The molecule has 1 heterocycles. The molecular formula is C17H34N4. The lowest BCUT2D eigenvalue weighted by Gasteiger charge is -2.37. The van der Waals surface area contributed by atoms with Crippen molar-refractivity contribution < 1.29 is 0 Å². The second-order valence-corrected chi connectivity index (χ2v) is 7.01. The highest BCUT2D eigenvalue weighted by Gasteiger charge is 2.28. The fraction of sp³-hybridized carbons (Fsp3) is 0.941. The number of nitriles is 1. The van der Waals surface area contributed by atoms with Crippen molar-refractivity contribution in [1.29, 1.82) is 5.26 Å². The third kappa shape index (κ3) is 5.94. The van der Waals surface area contributed by atoms with Gasteiger partial charge in [0.1, 0.15) is 5.54 Å². The molecule has 0 amide bonds. The topological polar surface area (TPSA) is 42.3 Å². The van der Waals surface area contributed by atoms with Gasteiger partial charge >= 0.3 is 0 Å². The minimum atomic E-state index is -0.342. The van der Waals surface area contributed by atoms with Crippen LogP contribution in [0.2, 0.25) is 0 Å². The first-order valence-corrected chi connectivity index (χ1v) is 8.50. The molecule has 1 fully saturated rings. The van der Waals surface area contributed by atoms with E-state index in [4.69, 9.17) is 0 Å². The Kier molecular flexibility index (Phi) is 7.65. The number of nitrogens with zero attached hydrogens (tertiary/aromatic N) is 3. The van der Waals surface area contributed by atoms with E-state index in [2.05, 4.69) is 56.1 Å². The molecule has 1 aliphatic rings. The van der Waals surface area contributed by atoms with E-state index >= 15 is 0 Å². The van der Waals surface area contributed by atoms with Gasteiger partial charge in [0.2, 0.25) is 0 Å². The Balaban J connectivity index is 2.42. The van der Waals surface area contributed by atoms with E-state index in [1.54, 1.807) is 0 Å². The maximum absolute atomic E-state index is 9.54. The van der Waals surface area contributed by atoms with Crippen LogP contribution in [0, 0.1) is 11.3 Å². The van der Waals surface area contributed by atoms with Gasteiger partial charge in [-0.05, 0) is 73.1 Å². The maximum Gasteiger partial charge on any atom is 0.106 e. The van der Waals surface area contributed by atoms with Crippen molar-refractivity contribution in [1.82, 2.24) is 15.1 Å². The zero-order valence-corrected chi connectivity index (χ0v) is 14.7. The summed E-state index contributed by atoms with van der Waals surface area (Å²) in [5.74, 6) is 0. The van der Waals surface area contributed by atoms with Gasteiger partial charge in [-0.1, -0.05) is 6.92 Å². The molecule has 122 valence electrons. The van der Waals surface area contributed by atoms with Crippen LogP contribution in [0.25, 0.3) is 0 Å². The standard InChI is InChI=1S/C17H34N4/c1-6-17(14-18,19-15(2)3)10-8-12-21-11-7-9-16(13-21)20(4)5/h15-16,19H,6-13H2,1-5H3. The van der Waals surface area contributed by atoms with Gasteiger partial charge < -0.3 is 9.80 Å². The van der Waals surface area contributed by atoms with E-state index in [-0.39, 0.29) is 5.54 Å². The van der Waals surface area contributed by atoms with Crippen LogP contribution in [0.5, 0.6) is 0 Å². The van der Waals surface area contributed by atoms with Crippen molar-refractivity contribution in [2.45, 2.75) is 70.5 Å². The number of likely N-dealkylation sites (tertiary alicyclic amines) is 1. The molecule has 4 heteroatoms. The molecule has 0 saturated carbocycles. The quantitative estimate of drug-likeness (QED) is 0.747. The van der Waals surface area contributed by atoms with Crippen LogP contribution in [0.15, 0.2) is 0 Å². The summed E-state index contributed by atoms with van der Waals surface area (Å²) in [5.41, 5.74) is -0.342. The molecule has 2 unspecified atom stereocenters. The fourth-order valence-corrected chi connectivity index (χ4v) is 3.33. The molecule has 0 radical (unpaired) electrons. The second kappa shape index (κ2) is 8.73. The first-order valence-electron chi connectivity index (χ1n) is 8.50. The van der Waals surface area contributed by atoms with Crippen molar-refractivity contribution in [3.05, 3.63) is 0 Å². The molecule has 0 aliphatic carbocycles. The molecule has 0 aromatic heterocycles. The van der Waals surface area contributed by atoms with Crippen molar-refractivity contribution in [3.8, 4) is 6.07 Å². The van der Waals surface area contributed by atoms with Crippen LogP contribution < -0.4 is 5.32 Å². The summed E-state index contributed by atoms with van der Waals surface area (Å²) >= 11 is 0. The molecule has 21 heavy (non-hydrogen) atoms. The first-order chi connectivity index (χ1) is 9.92. The first kappa shape index (κ1) is 18.4. The van der Waals surface area contributed by atoms with Crippen LogP contribution in [0.1, 0.15) is 52.9 Å². The molecule has 4 nitrogen and oxygen atoms in total. The smallest absolute Gasteiger partial charge is 0.106 e.